The average molecular weight is 225 g/mol. The number of nitrogens with zero attached hydrogens (tertiary/aromatic N) is 1. The Balaban J connectivity index is 2.14. The minimum Gasteiger partial charge on any atom is -0.292 e. The van der Waals surface area contributed by atoms with Gasteiger partial charge < -0.3 is 0 Å². The smallest absolute Gasteiger partial charge is 0.182 e. The molecule has 2 nitrogen and oxygen atoms in total. The molecule has 1 heterocycles. The third kappa shape index (κ3) is 3.95. The van der Waals surface area contributed by atoms with Crippen molar-refractivity contribution in [1.29, 1.82) is 5.26 Å². The fourth-order valence-electron chi connectivity index (χ4n) is 0.927. The molecule has 0 amide bonds. The zero-order chi connectivity index (χ0) is 10.2. The van der Waals surface area contributed by atoms with E-state index in [1.807, 2.05) is 17.5 Å². The van der Waals surface area contributed by atoms with E-state index in [4.69, 9.17) is 5.26 Å². The van der Waals surface area contributed by atoms with Crippen molar-refractivity contribution in [3.8, 4) is 6.07 Å². The number of carbonyl (C=O) groups excluding carboxylic acids is 1. The van der Waals surface area contributed by atoms with Crippen LogP contribution in [0.3, 0.4) is 0 Å². The van der Waals surface area contributed by atoms with Gasteiger partial charge in [-0.3, -0.25) is 4.79 Å². The number of rotatable bonds is 6. The van der Waals surface area contributed by atoms with E-state index in [1.165, 1.54) is 11.3 Å². The quantitative estimate of drug-likeness (QED) is 0.552. The number of hydrogen-bond donors (Lipinski definition) is 0. The van der Waals surface area contributed by atoms with Crippen LogP contribution in [0.2, 0.25) is 0 Å². The average Bonchev–Trinajstić information content (AvgIpc) is 2.70. The van der Waals surface area contributed by atoms with Crippen molar-refractivity contribution in [3.63, 3.8) is 0 Å². The SMILES string of the molecule is N#CCCCSCC(=O)c1cccs1. The molecular weight excluding hydrogens is 214 g/mol. The third-order valence-corrected chi connectivity index (χ3v) is 3.56. The molecule has 0 saturated carbocycles. The van der Waals surface area contributed by atoms with Crippen LogP contribution in [0.25, 0.3) is 0 Å². The summed E-state index contributed by atoms with van der Waals surface area (Å²) >= 11 is 3.09. The molecule has 1 aromatic heterocycles. The van der Waals surface area contributed by atoms with Crippen LogP contribution in [0.4, 0.5) is 0 Å². The molecule has 4 heteroatoms. The lowest BCUT2D eigenvalue weighted by Crippen LogP contribution is -1.99. The molecule has 74 valence electrons. The monoisotopic (exact) mass is 225 g/mol. The Morgan fingerprint density at radius 3 is 3.14 bits per heavy atom. The molecule has 0 aromatic carbocycles. The highest BCUT2D eigenvalue weighted by atomic mass is 32.2. The van der Waals surface area contributed by atoms with Gasteiger partial charge in [0.2, 0.25) is 0 Å². The van der Waals surface area contributed by atoms with Crippen molar-refractivity contribution in [2.24, 2.45) is 0 Å². The summed E-state index contributed by atoms with van der Waals surface area (Å²) in [5.74, 6) is 1.62. The molecule has 0 aliphatic carbocycles. The lowest BCUT2D eigenvalue weighted by Gasteiger charge is -1.96. The van der Waals surface area contributed by atoms with Gasteiger partial charge in [-0.05, 0) is 23.6 Å². The molecule has 0 radical (unpaired) electrons. The molecule has 0 N–H and O–H groups in total. The highest BCUT2D eigenvalue weighted by molar-refractivity contribution is 7.99. The second-order valence-corrected chi connectivity index (χ2v) is 4.77. The summed E-state index contributed by atoms with van der Waals surface area (Å²) < 4.78 is 0. The van der Waals surface area contributed by atoms with Gasteiger partial charge in [0, 0.05) is 6.42 Å². The molecule has 0 atom stereocenters. The summed E-state index contributed by atoms with van der Waals surface area (Å²) in [6, 6.07) is 5.82. The first-order valence-electron chi connectivity index (χ1n) is 4.36. The van der Waals surface area contributed by atoms with Crippen molar-refractivity contribution < 1.29 is 4.79 Å². The Kier molecular flexibility index (Phi) is 5.35. The number of ketones is 1. The minimum atomic E-state index is 0.196. The number of carbonyl (C=O) groups is 1. The maximum atomic E-state index is 11.5. The Bertz CT molecular complexity index is 313. The summed E-state index contributed by atoms with van der Waals surface area (Å²) in [7, 11) is 0. The predicted molar refractivity (Wildman–Crippen MR) is 60.8 cm³/mol. The van der Waals surface area contributed by atoms with Crippen LogP contribution in [0.5, 0.6) is 0 Å². The van der Waals surface area contributed by atoms with Crippen molar-refractivity contribution in [2.75, 3.05) is 11.5 Å². The van der Waals surface area contributed by atoms with Crippen molar-refractivity contribution in [2.45, 2.75) is 12.8 Å². The maximum Gasteiger partial charge on any atom is 0.182 e. The molecule has 14 heavy (non-hydrogen) atoms. The predicted octanol–water partition coefficient (Wildman–Crippen LogP) is 2.97. The van der Waals surface area contributed by atoms with Crippen LogP contribution in [0, 0.1) is 11.3 Å². The van der Waals surface area contributed by atoms with E-state index in [2.05, 4.69) is 6.07 Å². The standard InChI is InChI=1S/C10H11NOS2/c11-5-1-2-6-13-8-9(12)10-4-3-7-14-10/h3-4,7H,1-2,6,8H2. The lowest BCUT2D eigenvalue weighted by atomic mass is 10.4. The number of thiophene rings is 1. The number of unbranched alkanes of at least 4 members (excludes halogenated alkanes) is 1. The van der Waals surface area contributed by atoms with Crippen LogP contribution in [-0.2, 0) is 0 Å². The molecule has 0 saturated heterocycles. The fraction of sp³-hybridized carbons (Fsp3) is 0.400. The first-order valence-corrected chi connectivity index (χ1v) is 6.39. The van der Waals surface area contributed by atoms with E-state index in [0.717, 1.165) is 17.1 Å². The number of nitriles is 1. The van der Waals surface area contributed by atoms with Crippen LogP contribution in [-0.4, -0.2) is 17.3 Å². The largest absolute Gasteiger partial charge is 0.292 e. The van der Waals surface area contributed by atoms with Crippen LogP contribution < -0.4 is 0 Å². The molecule has 1 rings (SSSR count). The third-order valence-electron chi connectivity index (χ3n) is 1.61. The van der Waals surface area contributed by atoms with E-state index in [-0.39, 0.29) is 5.78 Å². The van der Waals surface area contributed by atoms with Gasteiger partial charge in [-0.1, -0.05) is 6.07 Å². The molecule has 0 fully saturated rings. The summed E-state index contributed by atoms with van der Waals surface area (Å²) in [5.41, 5.74) is 0. The number of thioether (sulfide) groups is 1. The molecule has 0 aliphatic rings. The van der Waals surface area contributed by atoms with Gasteiger partial charge in [-0.15, -0.1) is 11.3 Å². The Morgan fingerprint density at radius 1 is 1.64 bits per heavy atom. The van der Waals surface area contributed by atoms with Gasteiger partial charge in [0.1, 0.15) is 0 Å². The van der Waals surface area contributed by atoms with Crippen molar-refractivity contribution in [1.82, 2.24) is 0 Å². The number of hydrogen-bond acceptors (Lipinski definition) is 4. The Labute approximate surface area is 91.9 Å². The minimum absolute atomic E-state index is 0.196. The highest BCUT2D eigenvalue weighted by Crippen LogP contribution is 2.13. The van der Waals surface area contributed by atoms with Gasteiger partial charge in [0.25, 0.3) is 0 Å². The normalized spacial score (nSPS) is 9.64. The van der Waals surface area contributed by atoms with E-state index in [9.17, 15) is 4.79 Å². The molecule has 0 spiro atoms. The van der Waals surface area contributed by atoms with Gasteiger partial charge in [0.15, 0.2) is 5.78 Å². The molecule has 1 aromatic rings. The lowest BCUT2D eigenvalue weighted by molar-refractivity contribution is 0.102. The zero-order valence-electron chi connectivity index (χ0n) is 7.73. The van der Waals surface area contributed by atoms with Gasteiger partial charge in [0.05, 0.1) is 16.7 Å². The Hall–Kier alpha value is -0.790. The molecule has 0 aliphatic heterocycles. The van der Waals surface area contributed by atoms with Crippen LogP contribution >= 0.6 is 23.1 Å². The second-order valence-electron chi connectivity index (χ2n) is 2.71. The van der Waals surface area contributed by atoms with E-state index < -0.39 is 0 Å². The second kappa shape index (κ2) is 6.63. The molecular formula is C10H11NOS2. The van der Waals surface area contributed by atoms with Crippen molar-refractivity contribution in [3.05, 3.63) is 22.4 Å². The molecule has 0 unspecified atom stereocenters. The fourth-order valence-corrected chi connectivity index (χ4v) is 2.52. The van der Waals surface area contributed by atoms with Crippen LogP contribution in [0.1, 0.15) is 22.5 Å². The topological polar surface area (TPSA) is 40.9 Å². The van der Waals surface area contributed by atoms with Gasteiger partial charge >= 0.3 is 0 Å². The summed E-state index contributed by atoms with van der Waals surface area (Å²) in [4.78, 5) is 12.3. The summed E-state index contributed by atoms with van der Waals surface area (Å²) in [6.45, 7) is 0. The highest BCUT2D eigenvalue weighted by Gasteiger charge is 2.05. The maximum absolute atomic E-state index is 11.5. The van der Waals surface area contributed by atoms with Gasteiger partial charge in [-0.2, -0.15) is 17.0 Å². The zero-order valence-corrected chi connectivity index (χ0v) is 9.37. The molecule has 0 bridgehead atoms. The number of Topliss-reactive ketones (excluding diaryl/α,β-unsaturated/α-hetero) is 1. The van der Waals surface area contributed by atoms with E-state index in [0.29, 0.717) is 12.2 Å². The first kappa shape index (κ1) is 11.3. The van der Waals surface area contributed by atoms with E-state index >= 15 is 0 Å². The van der Waals surface area contributed by atoms with Crippen LogP contribution in [0.15, 0.2) is 17.5 Å². The Morgan fingerprint density at radius 2 is 2.50 bits per heavy atom. The van der Waals surface area contributed by atoms with Gasteiger partial charge in [-0.25, -0.2) is 0 Å². The van der Waals surface area contributed by atoms with Crippen molar-refractivity contribution >= 4 is 28.9 Å². The summed E-state index contributed by atoms with van der Waals surface area (Å²) in [5, 5.41) is 10.2. The first-order chi connectivity index (χ1) is 6.84. The van der Waals surface area contributed by atoms with E-state index in [1.54, 1.807) is 11.8 Å². The summed E-state index contributed by atoms with van der Waals surface area (Å²) in [6.07, 6.45) is 1.46.